The first-order valence-electron chi connectivity index (χ1n) is 13.0. The molecule has 1 aliphatic heterocycles. The summed E-state index contributed by atoms with van der Waals surface area (Å²) in [5, 5.41) is 0.698. The van der Waals surface area contributed by atoms with Gasteiger partial charge in [-0.2, -0.15) is 0 Å². The molecular weight excluding hydrogens is 470 g/mol. The molecule has 0 bridgehead atoms. The number of aromatic nitrogens is 2. The normalized spacial score (nSPS) is 16.0. The number of hydrogen-bond donors (Lipinski definition) is 0. The van der Waals surface area contributed by atoms with Gasteiger partial charge in [-0.05, 0) is 44.7 Å². The Morgan fingerprint density at radius 1 is 0.833 bits per heavy atom. The molecule has 0 amide bonds. The van der Waals surface area contributed by atoms with E-state index < -0.39 is 0 Å². The first-order valence-corrected chi connectivity index (χ1v) is 13.4. The van der Waals surface area contributed by atoms with Crippen molar-refractivity contribution in [2.75, 3.05) is 18.0 Å². The maximum atomic E-state index is 11.9. The zero-order valence-electron chi connectivity index (χ0n) is 20.8. The van der Waals surface area contributed by atoms with E-state index in [0.717, 1.165) is 79.2 Å². The van der Waals surface area contributed by atoms with E-state index in [1.807, 2.05) is 24.3 Å². The number of aryl methyl sites for hydroxylation is 2. The van der Waals surface area contributed by atoms with Crippen molar-refractivity contribution in [3.63, 3.8) is 0 Å². The molecule has 0 atom stereocenters. The highest BCUT2D eigenvalue weighted by molar-refractivity contribution is 6.30. The second-order valence-electron chi connectivity index (χ2n) is 9.99. The summed E-state index contributed by atoms with van der Waals surface area (Å²) >= 11 is 6.17. The molecule has 1 aromatic heterocycles. The van der Waals surface area contributed by atoms with Crippen LogP contribution in [0.25, 0.3) is 22.5 Å². The third-order valence-corrected chi connectivity index (χ3v) is 7.60. The smallest absolute Gasteiger partial charge is 0.151 e. The molecule has 6 heteroatoms. The van der Waals surface area contributed by atoms with E-state index in [4.69, 9.17) is 21.6 Å². The van der Waals surface area contributed by atoms with E-state index in [9.17, 15) is 9.59 Å². The molecular formula is C30H32ClN3O2. The maximum absolute atomic E-state index is 11.9. The lowest BCUT2D eigenvalue weighted by Crippen LogP contribution is -2.32. The topological polar surface area (TPSA) is 63.2 Å². The van der Waals surface area contributed by atoms with E-state index in [0.29, 0.717) is 24.3 Å². The summed E-state index contributed by atoms with van der Waals surface area (Å²) in [6.45, 7) is 3.95. The third-order valence-electron chi connectivity index (χ3n) is 7.35. The van der Waals surface area contributed by atoms with Crippen LogP contribution in [0, 0.1) is 12.8 Å². The van der Waals surface area contributed by atoms with Gasteiger partial charge in [0.05, 0.1) is 23.0 Å². The molecule has 0 saturated heterocycles. The Kier molecular flexibility index (Phi) is 7.47. The van der Waals surface area contributed by atoms with Gasteiger partial charge in [0, 0.05) is 42.1 Å². The molecule has 0 N–H and O–H groups in total. The predicted molar refractivity (Wildman–Crippen MR) is 144 cm³/mol. The lowest BCUT2D eigenvalue weighted by Gasteiger charge is -2.30. The molecule has 1 fully saturated rings. The minimum Gasteiger partial charge on any atom is -0.355 e. The molecule has 36 heavy (non-hydrogen) atoms. The van der Waals surface area contributed by atoms with Gasteiger partial charge in [0.25, 0.3) is 0 Å². The first kappa shape index (κ1) is 24.6. The number of halogens is 1. The summed E-state index contributed by atoms with van der Waals surface area (Å²) in [5.41, 5.74) is 6.11. The molecule has 3 aromatic rings. The van der Waals surface area contributed by atoms with Gasteiger partial charge >= 0.3 is 0 Å². The van der Waals surface area contributed by atoms with Crippen molar-refractivity contribution >= 4 is 29.0 Å². The van der Waals surface area contributed by atoms with Crippen LogP contribution >= 0.6 is 11.6 Å². The average Bonchev–Trinajstić information content (AvgIpc) is 3.21. The van der Waals surface area contributed by atoms with Crippen LogP contribution in [-0.4, -0.2) is 34.6 Å². The van der Waals surface area contributed by atoms with Crippen LogP contribution in [-0.2, 0) is 16.0 Å². The summed E-state index contributed by atoms with van der Waals surface area (Å²) in [4.78, 5) is 36.5. The molecule has 2 aromatic carbocycles. The average molecular weight is 502 g/mol. The zero-order valence-corrected chi connectivity index (χ0v) is 21.6. The Labute approximate surface area is 217 Å². The Bertz CT molecular complexity index is 1240. The SMILES string of the molecule is Cc1ccc(-c2nc3c(nc2-c2ccc(Cl)cc2)N(CCCCCC2C(=O)CCC2=O)CCC3)cc1. The summed E-state index contributed by atoms with van der Waals surface area (Å²) in [6.07, 6.45) is 6.48. The van der Waals surface area contributed by atoms with Crippen LogP contribution in [0.2, 0.25) is 5.02 Å². The van der Waals surface area contributed by atoms with Crippen LogP contribution in [0.4, 0.5) is 5.82 Å². The standard InChI is InChI=1S/C30H32ClN3O2/c1-20-8-10-21(11-9-20)28-29(22-12-14-23(31)15-13-22)33-30-25(32-28)7-5-19-34(30)18-4-2-3-6-24-26(35)16-17-27(24)36/h8-15,24H,2-7,16-19H2,1H3. The molecule has 0 radical (unpaired) electrons. The molecule has 2 heterocycles. The van der Waals surface area contributed by atoms with Crippen molar-refractivity contribution in [1.82, 2.24) is 9.97 Å². The molecule has 5 nitrogen and oxygen atoms in total. The van der Waals surface area contributed by atoms with Gasteiger partial charge in [-0.1, -0.05) is 66.4 Å². The number of Topliss-reactive ketones (excluding diaryl/α,β-unsaturated/α-hetero) is 2. The third kappa shape index (κ3) is 5.36. The fourth-order valence-corrected chi connectivity index (χ4v) is 5.42. The van der Waals surface area contributed by atoms with Gasteiger partial charge < -0.3 is 4.90 Å². The number of unbranched alkanes of at least 4 members (excludes halogenated alkanes) is 2. The number of ketones is 2. The van der Waals surface area contributed by atoms with Crippen molar-refractivity contribution in [3.8, 4) is 22.5 Å². The number of nitrogens with zero attached hydrogens (tertiary/aromatic N) is 3. The first-order chi connectivity index (χ1) is 17.5. The quantitative estimate of drug-likeness (QED) is 0.256. The highest BCUT2D eigenvalue weighted by Gasteiger charge is 2.32. The van der Waals surface area contributed by atoms with E-state index in [2.05, 4.69) is 36.1 Å². The highest BCUT2D eigenvalue weighted by Crippen LogP contribution is 2.35. The Balaban J connectivity index is 1.36. The number of anilines is 1. The lowest BCUT2D eigenvalue weighted by molar-refractivity contribution is -0.127. The molecule has 1 saturated carbocycles. The van der Waals surface area contributed by atoms with Crippen molar-refractivity contribution < 1.29 is 9.59 Å². The number of carbonyl (C=O) groups is 2. The van der Waals surface area contributed by atoms with Crippen LogP contribution in [0.15, 0.2) is 48.5 Å². The van der Waals surface area contributed by atoms with Gasteiger partial charge in [0.15, 0.2) is 5.82 Å². The predicted octanol–water partition coefficient (Wildman–Crippen LogP) is 6.63. The van der Waals surface area contributed by atoms with Crippen LogP contribution in [0.5, 0.6) is 0 Å². The van der Waals surface area contributed by atoms with E-state index in [-0.39, 0.29) is 17.5 Å². The molecule has 2 aliphatic rings. The van der Waals surface area contributed by atoms with Crippen molar-refractivity contribution in [2.45, 2.75) is 58.3 Å². The monoisotopic (exact) mass is 501 g/mol. The second-order valence-corrected chi connectivity index (χ2v) is 10.4. The molecule has 0 spiro atoms. The maximum Gasteiger partial charge on any atom is 0.151 e. The van der Waals surface area contributed by atoms with Gasteiger partial charge in [-0.3, -0.25) is 9.59 Å². The van der Waals surface area contributed by atoms with Crippen molar-refractivity contribution in [1.29, 1.82) is 0 Å². The van der Waals surface area contributed by atoms with Gasteiger partial charge in [0.1, 0.15) is 11.6 Å². The number of benzene rings is 2. The Hall–Kier alpha value is -3.05. The lowest BCUT2D eigenvalue weighted by atomic mass is 9.98. The van der Waals surface area contributed by atoms with E-state index in [1.165, 1.54) is 5.56 Å². The minimum absolute atomic E-state index is 0.138. The second kappa shape index (κ2) is 10.9. The number of hydrogen-bond acceptors (Lipinski definition) is 5. The molecule has 0 unspecified atom stereocenters. The van der Waals surface area contributed by atoms with E-state index >= 15 is 0 Å². The minimum atomic E-state index is -0.339. The highest BCUT2D eigenvalue weighted by atomic mass is 35.5. The van der Waals surface area contributed by atoms with Crippen molar-refractivity contribution in [3.05, 3.63) is 64.8 Å². The number of rotatable bonds is 8. The van der Waals surface area contributed by atoms with Gasteiger partial charge in [-0.25, -0.2) is 9.97 Å². The fourth-order valence-electron chi connectivity index (χ4n) is 5.29. The Morgan fingerprint density at radius 3 is 2.17 bits per heavy atom. The van der Waals surface area contributed by atoms with Crippen LogP contribution in [0.3, 0.4) is 0 Å². The van der Waals surface area contributed by atoms with Crippen molar-refractivity contribution in [2.24, 2.45) is 5.92 Å². The van der Waals surface area contributed by atoms with Crippen LogP contribution in [0.1, 0.15) is 56.2 Å². The fraction of sp³-hybridized carbons (Fsp3) is 0.400. The Morgan fingerprint density at radius 2 is 1.47 bits per heavy atom. The molecule has 1 aliphatic carbocycles. The van der Waals surface area contributed by atoms with Gasteiger partial charge in [-0.15, -0.1) is 0 Å². The largest absolute Gasteiger partial charge is 0.355 e. The zero-order chi connectivity index (χ0) is 25.1. The molecule has 5 rings (SSSR count). The number of carbonyl (C=O) groups excluding carboxylic acids is 2. The van der Waals surface area contributed by atoms with Gasteiger partial charge in [0.2, 0.25) is 0 Å². The molecule has 186 valence electrons. The summed E-state index contributed by atoms with van der Waals surface area (Å²) in [5.74, 6) is 0.913. The summed E-state index contributed by atoms with van der Waals surface area (Å²) in [7, 11) is 0. The summed E-state index contributed by atoms with van der Waals surface area (Å²) in [6, 6.07) is 16.3. The summed E-state index contributed by atoms with van der Waals surface area (Å²) < 4.78 is 0. The van der Waals surface area contributed by atoms with E-state index in [1.54, 1.807) is 0 Å². The van der Waals surface area contributed by atoms with Crippen LogP contribution < -0.4 is 4.90 Å². The number of fused-ring (bicyclic) bond motifs is 1.